The van der Waals surface area contributed by atoms with Crippen molar-refractivity contribution in [1.29, 1.82) is 0 Å². The number of amides is 1. The van der Waals surface area contributed by atoms with Gasteiger partial charge in [-0.15, -0.1) is 0 Å². The van der Waals surface area contributed by atoms with Gasteiger partial charge in [-0.3, -0.25) is 4.79 Å². The minimum atomic E-state index is -0.151. The minimum absolute atomic E-state index is 0.0104. The normalized spacial score (nSPS) is 12.0. The number of halogens is 1. The molecule has 0 spiro atoms. The molecule has 100 valence electrons. The molecule has 1 atom stereocenters. The number of hydrogen-bond donors (Lipinski definition) is 1. The Bertz CT molecular complexity index is 409. The van der Waals surface area contributed by atoms with Crippen molar-refractivity contribution in [2.24, 2.45) is 0 Å². The van der Waals surface area contributed by atoms with Crippen molar-refractivity contribution in [1.82, 2.24) is 5.32 Å². The Balaban J connectivity index is 2.42. The number of methoxy groups -OCH3 is 1. The van der Waals surface area contributed by atoms with E-state index in [-0.39, 0.29) is 18.6 Å². The van der Waals surface area contributed by atoms with Gasteiger partial charge in [0.1, 0.15) is 5.75 Å². The van der Waals surface area contributed by atoms with Crippen LogP contribution in [0.5, 0.6) is 5.75 Å². The van der Waals surface area contributed by atoms with E-state index in [0.29, 0.717) is 12.4 Å². The number of nitrogens with one attached hydrogen (secondary N) is 1. The predicted octanol–water partition coefficient (Wildman–Crippen LogP) is 2.29. The number of hydrogen-bond acceptors (Lipinski definition) is 3. The second kappa shape index (κ2) is 7.38. The first-order chi connectivity index (χ1) is 8.52. The Hall–Kier alpha value is -1.07. The Kier molecular flexibility index (Phi) is 6.15. The third kappa shape index (κ3) is 5.06. The second-order valence-corrected chi connectivity index (χ2v) is 5.04. The zero-order valence-electron chi connectivity index (χ0n) is 10.8. The predicted molar refractivity (Wildman–Crippen MR) is 73.9 cm³/mol. The van der Waals surface area contributed by atoms with E-state index in [4.69, 9.17) is 9.47 Å². The molecule has 1 amide bonds. The molecule has 0 saturated carbocycles. The summed E-state index contributed by atoms with van der Waals surface area (Å²) in [5, 5.41) is 2.78. The summed E-state index contributed by atoms with van der Waals surface area (Å²) in [6, 6.07) is 5.65. The third-order valence-corrected chi connectivity index (χ3v) is 2.81. The molecule has 0 saturated heterocycles. The van der Waals surface area contributed by atoms with E-state index in [2.05, 4.69) is 21.2 Å². The molecule has 0 radical (unpaired) electrons. The average Bonchev–Trinajstić information content (AvgIpc) is 2.28. The van der Waals surface area contributed by atoms with Crippen LogP contribution < -0.4 is 10.1 Å². The summed E-state index contributed by atoms with van der Waals surface area (Å²) in [5.41, 5.74) is 0.988. The summed E-state index contributed by atoms with van der Waals surface area (Å²) < 4.78 is 11.4. The highest BCUT2D eigenvalue weighted by Crippen LogP contribution is 2.21. The lowest BCUT2D eigenvalue weighted by Crippen LogP contribution is -2.38. The molecule has 1 rings (SSSR count). The van der Waals surface area contributed by atoms with Gasteiger partial charge in [0, 0.05) is 17.6 Å². The molecular formula is C13H18BrNO3. The van der Waals surface area contributed by atoms with Crippen molar-refractivity contribution in [2.45, 2.75) is 19.9 Å². The van der Waals surface area contributed by atoms with Crippen molar-refractivity contribution in [3.8, 4) is 5.75 Å². The van der Waals surface area contributed by atoms with Crippen molar-refractivity contribution in [3.05, 3.63) is 28.2 Å². The van der Waals surface area contributed by atoms with Crippen LogP contribution in [-0.2, 0) is 9.53 Å². The highest BCUT2D eigenvalue weighted by molar-refractivity contribution is 9.10. The first-order valence-electron chi connectivity index (χ1n) is 5.70. The topological polar surface area (TPSA) is 47.6 Å². The molecule has 4 nitrogen and oxygen atoms in total. The van der Waals surface area contributed by atoms with Crippen molar-refractivity contribution in [3.63, 3.8) is 0 Å². The zero-order valence-corrected chi connectivity index (χ0v) is 12.4. The first kappa shape index (κ1) is 15.0. The Morgan fingerprint density at radius 2 is 2.22 bits per heavy atom. The number of benzene rings is 1. The van der Waals surface area contributed by atoms with Gasteiger partial charge in [-0.05, 0) is 37.6 Å². The van der Waals surface area contributed by atoms with Crippen LogP contribution in [0.1, 0.15) is 12.5 Å². The lowest BCUT2D eigenvalue weighted by atomic mass is 10.2. The molecule has 1 aromatic carbocycles. The monoisotopic (exact) mass is 315 g/mol. The lowest BCUT2D eigenvalue weighted by Gasteiger charge is -2.14. The maximum Gasteiger partial charge on any atom is 0.258 e. The fraction of sp³-hybridized carbons (Fsp3) is 0.462. The second-order valence-electron chi connectivity index (χ2n) is 4.12. The highest BCUT2D eigenvalue weighted by atomic mass is 79.9. The molecule has 1 aromatic rings. The van der Waals surface area contributed by atoms with Gasteiger partial charge in [0.25, 0.3) is 5.91 Å². The number of ether oxygens (including phenoxy) is 2. The Labute approximate surface area is 116 Å². The molecule has 0 fully saturated rings. The van der Waals surface area contributed by atoms with Crippen LogP contribution in [0.4, 0.5) is 0 Å². The fourth-order valence-electron chi connectivity index (χ4n) is 1.53. The van der Waals surface area contributed by atoms with E-state index >= 15 is 0 Å². The highest BCUT2D eigenvalue weighted by Gasteiger charge is 2.08. The average molecular weight is 316 g/mol. The molecular weight excluding hydrogens is 298 g/mol. The molecule has 0 aliphatic rings. The van der Waals surface area contributed by atoms with Gasteiger partial charge in [-0.1, -0.05) is 15.9 Å². The van der Waals surface area contributed by atoms with Crippen LogP contribution in [0.25, 0.3) is 0 Å². The Morgan fingerprint density at radius 1 is 1.50 bits per heavy atom. The maximum absolute atomic E-state index is 11.6. The number of carbonyl (C=O) groups excluding carboxylic acids is 1. The first-order valence-corrected chi connectivity index (χ1v) is 6.49. The van der Waals surface area contributed by atoms with Crippen LogP contribution in [0.15, 0.2) is 22.7 Å². The smallest absolute Gasteiger partial charge is 0.258 e. The van der Waals surface area contributed by atoms with Crippen LogP contribution >= 0.6 is 15.9 Å². The quantitative estimate of drug-likeness (QED) is 0.876. The van der Waals surface area contributed by atoms with Crippen LogP contribution in [0.3, 0.4) is 0 Å². The maximum atomic E-state index is 11.6. The molecule has 0 aliphatic heterocycles. The molecule has 1 unspecified atom stereocenters. The summed E-state index contributed by atoms with van der Waals surface area (Å²) in [7, 11) is 1.60. The van der Waals surface area contributed by atoms with E-state index in [1.807, 2.05) is 32.0 Å². The zero-order chi connectivity index (χ0) is 13.5. The van der Waals surface area contributed by atoms with Crippen molar-refractivity contribution < 1.29 is 14.3 Å². The Morgan fingerprint density at radius 3 is 2.83 bits per heavy atom. The SMILES string of the molecule is COCC(C)NC(=O)COc1ccc(Br)cc1C. The molecule has 0 aliphatic carbocycles. The third-order valence-electron chi connectivity index (χ3n) is 2.32. The van der Waals surface area contributed by atoms with Gasteiger partial charge in [0.2, 0.25) is 0 Å². The number of carbonyl (C=O) groups is 1. The van der Waals surface area contributed by atoms with E-state index in [1.165, 1.54) is 0 Å². The van der Waals surface area contributed by atoms with E-state index < -0.39 is 0 Å². The lowest BCUT2D eigenvalue weighted by molar-refractivity contribution is -0.124. The van der Waals surface area contributed by atoms with E-state index in [1.54, 1.807) is 7.11 Å². The van der Waals surface area contributed by atoms with Crippen LogP contribution in [0.2, 0.25) is 0 Å². The van der Waals surface area contributed by atoms with Gasteiger partial charge < -0.3 is 14.8 Å². The van der Waals surface area contributed by atoms with Gasteiger partial charge in [0.15, 0.2) is 6.61 Å². The molecule has 1 N–H and O–H groups in total. The van der Waals surface area contributed by atoms with Crippen LogP contribution in [-0.4, -0.2) is 32.3 Å². The minimum Gasteiger partial charge on any atom is -0.484 e. The van der Waals surface area contributed by atoms with Gasteiger partial charge in [-0.2, -0.15) is 0 Å². The number of rotatable bonds is 6. The molecule has 18 heavy (non-hydrogen) atoms. The summed E-state index contributed by atoms with van der Waals surface area (Å²) in [6.45, 7) is 4.32. The van der Waals surface area contributed by atoms with Crippen molar-refractivity contribution >= 4 is 21.8 Å². The van der Waals surface area contributed by atoms with E-state index in [0.717, 1.165) is 10.0 Å². The van der Waals surface area contributed by atoms with Crippen LogP contribution in [0, 0.1) is 6.92 Å². The molecule has 5 heteroatoms. The van der Waals surface area contributed by atoms with Gasteiger partial charge >= 0.3 is 0 Å². The summed E-state index contributed by atoms with van der Waals surface area (Å²) in [5.74, 6) is 0.564. The molecule has 0 aromatic heterocycles. The molecule has 0 heterocycles. The summed E-state index contributed by atoms with van der Waals surface area (Å²) in [6.07, 6.45) is 0. The summed E-state index contributed by atoms with van der Waals surface area (Å²) in [4.78, 5) is 11.6. The van der Waals surface area contributed by atoms with E-state index in [9.17, 15) is 4.79 Å². The van der Waals surface area contributed by atoms with Crippen molar-refractivity contribution in [2.75, 3.05) is 20.3 Å². The largest absolute Gasteiger partial charge is 0.484 e. The van der Waals surface area contributed by atoms with Gasteiger partial charge in [0.05, 0.1) is 6.61 Å². The molecule has 0 bridgehead atoms. The standard InChI is InChI=1S/C13H18BrNO3/c1-9-6-11(14)4-5-12(9)18-8-13(16)15-10(2)7-17-3/h4-6,10H,7-8H2,1-3H3,(H,15,16). The van der Waals surface area contributed by atoms with Gasteiger partial charge in [-0.25, -0.2) is 0 Å². The number of aryl methyl sites for hydroxylation is 1. The fourth-order valence-corrected chi connectivity index (χ4v) is 2.00. The summed E-state index contributed by atoms with van der Waals surface area (Å²) >= 11 is 3.38.